The van der Waals surface area contributed by atoms with Crippen molar-refractivity contribution >= 4 is 0 Å². The van der Waals surface area contributed by atoms with Crippen molar-refractivity contribution in [1.29, 1.82) is 0 Å². The fourth-order valence-electron chi connectivity index (χ4n) is 1.32. The third kappa shape index (κ3) is 2.23. The minimum Gasteiger partial charge on any atom is -0.497 e. The van der Waals surface area contributed by atoms with Gasteiger partial charge < -0.3 is 21.3 Å². The largest absolute Gasteiger partial charge is 0.497 e. The van der Waals surface area contributed by atoms with Crippen molar-refractivity contribution in [3.8, 4) is 5.75 Å². The second-order valence-corrected chi connectivity index (χ2v) is 3.07. The summed E-state index contributed by atoms with van der Waals surface area (Å²) in [4.78, 5) is 0. The second kappa shape index (κ2) is 4.95. The van der Waals surface area contributed by atoms with Crippen molar-refractivity contribution in [1.82, 2.24) is 0 Å². The van der Waals surface area contributed by atoms with Gasteiger partial charge in [0.15, 0.2) is 0 Å². The van der Waals surface area contributed by atoms with Crippen LogP contribution < -0.4 is 16.2 Å². The van der Waals surface area contributed by atoms with Crippen LogP contribution in [0.2, 0.25) is 0 Å². The summed E-state index contributed by atoms with van der Waals surface area (Å²) in [5.74, 6) is 0.723. The summed E-state index contributed by atoms with van der Waals surface area (Å²) in [7, 11) is 1.59. The summed E-state index contributed by atoms with van der Waals surface area (Å²) in [5.41, 5.74) is 12.9. The van der Waals surface area contributed by atoms with Gasteiger partial charge in [-0.1, -0.05) is 6.07 Å². The van der Waals surface area contributed by atoms with Crippen molar-refractivity contribution in [3.05, 3.63) is 29.3 Å². The van der Waals surface area contributed by atoms with E-state index in [0.717, 1.165) is 16.9 Å². The van der Waals surface area contributed by atoms with Gasteiger partial charge in [0.2, 0.25) is 0 Å². The number of hydrogen-bond acceptors (Lipinski definition) is 4. The van der Waals surface area contributed by atoms with E-state index in [1.165, 1.54) is 0 Å². The molecule has 0 amide bonds. The Kier molecular flexibility index (Phi) is 3.88. The molecule has 0 saturated carbocycles. The molecule has 1 atom stereocenters. The lowest BCUT2D eigenvalue weighted by atomic mass is 10.0. The molecule has 5 N–H and O–H groups in total. The van der Waals surface area contributed by atoms with Gasteiger partial charge in [-0.15, -0.1) is 0 Å². The molecule has 1 aromatic rings. The van der Waals surface area contributed by atoms with Crippen molar-refractivity contribution in [2.45, 2.75) is 12.6 Å². The van der Waals surface area contributed by atoms with E-state index in [-0.39, 0.29) is 12.6 Å². The number of benzene rings is 1. The van der Waals surface area contributed by atoms with Crippen LogP contribution in [0.25, 0.3) is 0 Å². The molecule has 0 saturated heterocycles. The molecule has 0 aliphatic rings. The highest BCUT2D eigenvalue weighted by Crippen LogP contribution is 2.21. The predicted octanol–water partition coefficient (Wildman–Crippen LogP) is 0.146. The maximum absolute atomic E-state index is 9.09. The van der Waals surface area contributed by atoms with Crippen LogP contribution in [-0.2, 0) is 6.61 Å². The molecular weight excluding hydrogens is 180 g/mol. The standard InChI is InChI=1S/C10H16N2O2/c1-14-8-3-2-7(6-13)9(4-8)10(12)5-11/h2-4,10,13H,5-6,11-12H2,1H3/t10-/m0/s1. The normalized spacial score (nSPS) is 12.6. The number of ether oxygens (including phenoxy) is 1. The van der Waals surface area contributed by atoms with E-state index >= 15 is 0 Å². The van der Waals surface area contributed by atoms with Crippen LogP contribution in [0.15, 0.2) is 18.2 Å². The fraction of sp³-hybridized carbons (Fsp3) is 0.400. The lowest BCUT2D eigenvalue weighted by Gasteiger charge is -2.14. The maximum atomic E-state index is 9.09. The van der Waals surface area contributed by atoms with Crippen LogP contribution in [0.5, 0.6) is 5.75 Å². The SMILES string of the molecule is COc1ccc(CO)c([C@@H](N)CN)c1. The van der Waals surface area contributed by atoms with Crippen LogP contribution >= 0.6 is 0 Å². The van der Waals surface area contributed by atoms with E-state index in [9.17, 15) is 0 Å². The first kappa shape index (κ1) is 11.0. The molecule has 14 heavy (non-hydrogen) atoms. The Labute approximate surface area is 83.5 Å². The molecule has 0 fully saturated rings. The highest BCUT2D eigenvalue weighted by Gasteiger charge is 2.10. The monoisotopic (exact) mass is 196 g/mol. The number of methoxy groups -OCH3 is 1. The van der Waals surface area contributed by atoms with E-state index in [1.54, 1.807) is 19.2 Å². The molecule has 0 unspecified atom stereocenters. The molecule has 4 nitrogen and oxygen atoms in total. The minimum atomic E-state index is -0.257. The van der Waals surface area contributed by atoms with Crippen molar-refractivity contribution in [2.75, 3.05) is 13.7 Å². The molecule has 0 spiro atoms. The zero-order valence-corrected chi connectivity index (χ0v) is 8.23. The van der Waals surface area contributed by atoms with Crippen molar-refractivity contribution in [2.24, 2.45) is 11.5 Å². The van der Waals surface area contributed by atoms with Gasteiger partial charge in [-0.05, 0) is 23.3 Å². The summed E-state index contributed by atoms with van der Waals surface area (Å²) in [6.07, 6.45) is 0. The topological polar surface area (TPSA) is 81.5 Å². The van der Waals surface area contributed by atoms with E-state index in [0.29, 0.717) is 6.54 Å². The van der Waals surface area contributed by atoms with Gasteiger partial charge in [0, 0.05) is 12.6 Å². The van der Waals surface area contributed by atoms with Crippen LogP contribution in [0.4, 0.5) is 0 Å². The zero-order chi connectivity index (χ0) is 10.6. The lowest BCUT2D eigenvalue weighted by Crippen LogP contribution is -2.22. The third-order valence-corrected chi connectivity index (χ3v) is 2.18. The first-order chi connectivity index (χ1) is 6.72. The molecule has 0 aliphatic heterocycles. The summed E-state index contributed by atoms with van der Waals surface area (Å²) in [5, 5.41) is 9.09. The van der Waals surface area contributed by atoms with E-state index in [4.69, 9.17) is 21.3 Å². The fourth-order valence-corrected chi connectivity index (χ4v) is 1.32. The van der Waals surface area contributed by atoms with E-state index in [1.807, 2.05) is 6.07 Å². The van der Waals surface area contributed by atoms with E-state index in [2.05, 4.69) is 0 Å². The third-order valence-electron chi connectivity index (χ3n) is 2.18. The number of aliphatic hydroxyl groups is 1. The number of rotatable bonds is 4. The van der Waals surface area contributed by atoms with Gasteiger partial charge in [0.25, 0.3) is 0 Å². The second-order valence-electron chi connectivity index (χ2n) is 3.07. The maximum Gasteiger partial charge on any atom is 0.119 e. The van der Waals surface area contributed by atoms with E-state index < -0.39 is 0 Å². The highest BCUT2D eigenvalue weighted by molar-refractivity contribution is 5.37. The Hall–Kier alpha value is -1.10. The Morgan fingerprint density at radius 2 is 2.21 bits per heavy atom. The lowest BCUT2D eigenvalue weighted by molar-refractivity contribution is 0.279. The quantitative estimate of drug-likeness (QED) is 0.640. The molecule has 4 heteroatoms. The first-order valence-corrected chi connectivity index (χ1v) is 4.46. The van der Waals surface area contributed by atoms with Gasteiger partial charge in [0.05, 0.1) is 13.7 Å². The van der Waals surface area contributed by atoms with Gasteiger partial charge in [-0.3, -0.25) is 0 Å². The highest BCUT2D eigenvalue weighted by atomic mass is 16.5. The Morgan fingerprint density at radius 1 is 1.50 bits per heavy atom. The predicted molar refractivity (Wildman–Crippen MR) is 54.9 cm³/mol. The molecule has 78 valence electrons. The van der Waals surface area contributed by atoms with Gasteiger partial charge >= 0.3 is 0 Å². The molecule has 1 rings (SSSR count). The number of nitrogens with two attached hydrogens (primary N) is 2. The molecule has 1 aromatic carbocycles. The number of hydrogen-bond donors (Lipinski definition) is 3. The molecule has 0 radical (unpaired) electrons. The summed E-state index contributed by atoms with van der Waals surface area (Å²) in [6.45, 7) is 0.313. The van der Waals surface area contributed by atoms with Crippen LogP contribution in [0.1, 0.15) is 17.2 Å². The van der Waals surface area contributed by atoms with Gasteiger partial charge in [-0.2, -0.15) is 0 Å². The summed E-state index contributed by atoms with van der Waals surface area (Å²) >= 11 is 0. The van der Waals surface area contributed by atoms with Crippen LogP contribution in [0.3, 0.4) is 0 Å². The molecular formula is C10H16N2O2. The average Bonchev–Trinajstić information content (AvgIpc) is 2.27. The molecule has 0 bridgehead atoms. The van der Waals surface area contributed by atoms with Gasteiger partial charge in [0.1, 0.15) is 5.75 Å². The van der Waals surface area contributed by atoms with Crippen molar-refractivity contribution in [3.63, 3.8) is 0 Å². The summed E-state index contributed by atoms with van der Waals surface area (Å²) in [6, 6.07) is 5.14. The summed E-state index contributed by atoms with van der Waals surface area (Å²) < 4.78 is 5.07. The number of aliphatic hydroxyl groups excluding tert-OH is 1. The molecule has 0 aliphatic carbocycles. The Morgan fingerprint density at radius 3 is 2.71 bits per heavy atom. The van der Waals surface area contributed by atoms with Crippen molar-refractivity contribution < 1.29 is 9.84 Å². The molecule has 0 aromatic heterocycles. The average molecular weight is 196 g/mol. The Balaban J connectivity index is 3.08. The zero-order valence-electron chi connectivity index (χ0n) is 8.23. The first-order valence-electron chi connectivity index (χ1n) is 4.46. The van der Waals surface area contributed by atoms with Crippen LogP contribution in [0, 0.1) is 0 Å². The van der Waals surface area contributed by atoms with Crippen LogP contribution in [-0.4, -0.2) is 18.8 Å². The molecule has 0 heterocycles. The minimum absolute atomic E-state index is 0.0347. The van der Waals surface area contributed by atoms with Gasteiger partial charge in [-0.25, -0.2) is 0 Å². The Bertz CT molecular complexity index is 302. The smallest absolute Gasteiger partial charge is 0.119 e.